The minimum Gasteiger partial charge on any atom is -0.451 e. The normalized spacial score (nSPS) is 8.87. The minimum absolute atomic E-state index is 0.0427. The van der Waals surface area contributed by atoms with E-state index in [0.29, 0.717) is 6.42 Å². The van der Waals surface area contributed by atoms with Crippen molar-refractivity contribution in [1.29, 1.82) is 0 Å². The van der Waals surface area contributed by atoms with E-state index in [1.807, 2.05) is 30.3 Å². The third-order valence-electron chi connectivity index (χ3n) is 1.64. The van der Waals surface area contributed by atoms with Crippen LogP contribution in [-0.2, 0) is 16.1 Å². The number of aliphatic hydroxyl groups excluding tert-OH is 1. The average molecular weight is 204 g/mol. The van der Waals surface area contributed by atoms with Gasteiger partial charge in [-0.05, 0) is 5.56 Å². The molecule has 0 aliphatic rings. The molecule has 0 aliphatic heterocycles. The summed E-state index contributed by atoms with van der Waals surface area (Å²) in [6.45, 7) is 0.187. The molecule has 78 valence electrons. The summed E-state index contributed by atoms with van der Waals surface area (Å²) in [6.07, 6.45) is 0.292. The van der Waals surface area contributed by atoms with Crippen LogP contribution in [0.25, 0.3) is 0 Å². The summed E-state index contributed by atoms with van der Waals surface area (Å²) in [5.41, 5.74) is 0.926. The standard InChI is InChI=1S/C12H12O3/c13-9-5-4-8-12(14)15-10-11-6-2-1-3-7-11/h1-3,6-7,13H,5,9-10H2. The van der Waals surface area contributed by atoms with Gasteiger partial charge in [0.2, 0.25) is 0 Å². The van der Waals surface area contributed by atoms with Crippen LogP contribution in [0.4, 0.5) is 0 Å². The van der Waals surface area contributed by atoms with E-state index in [0.717, 1.165) is 5.56 Å². The van der Waals surface area contributed by atoms with Gasteiger partial charge in [0, 0.05) is 12.3 Å². The fraction of sp³-hybridized carbons (Fsp3) is 0.250. The zero-order chi connectivity index (χ0) is 10.9. The smallest absolute Gasteiger partial charge is 0.384 e. The highest BCUT2D eigenvalue weighted by Crippen LogP contribution is 2.00. The van der Waals surface area contributed by atoms with E-state index in [2.05, 4.69) is 11.8 Å². The lowest BCUT2D eigenvalue weighted by atomic mass is 10.2. The third-order valence-corrected chi connectivity index (χ3v) is 1.64. The first-order valence-electron chi connectivity index (χ1n) is 4.63. The average Bonchev–Trinajstić information content (AvgIpc) is 2.28. The Morgan fingerprint density at radius 2 is 2.07 bits per heavy atom. The second kappa shape index (κ2) is 6.63. The van der Waals surface area contributed by atoms with Crippen LogP contribution in [-0.4, -0.2) is 17.7 Å². The molecule has 0 spiro atoms. The Bertz CT molecular complexity index is 359. The van der Waals surface area contributed by atoms with Gasteiger partial charge < -0.3 is 9.84 Å². The number of hydrogen-bond donors (Lipinski definition) is 1. The zero-order valence-corrected chi connectivity index (χ0v) is 8.27. The van der Waals surface area contributed by atoms with Gasteiger partial charge in [-0.3, -0.25) is 0 Å². The number of ether oxygens (including phenoxy) is 1. The molecule has 0 bridgehead atoms. The van der Waals surface area contributed by atoms with Crippen molar-refractivity contribution >= 4 is 5.97 Å². The SMILES string of the molecule is O=C(C#CCCO)OCc1ccccc1. The molecule has 1 aromatic rings. The maximum absolute atomic E-state index is 11.0. The number of aliphatic hydroxyl groups is 1. The summed E-state index contributed by atoms with van der Waals surface area (Å²) in [7, 11) is 0. The Balaban J connectivity index is 2.33. The summed E-state index contributed by atoms with van der Waals surface area (Å²) in [5.74, 6) is 4.22. The first kappa shape index (κ1) is 11.3. The highest BCUT2D eigenvalue weighted by molar-refractivity contribution is 5.88. The molecule has 0 atom stereocenters. The Hall–Kier alpha value is -1.79. The van der Waals surface area contributed by atoms with E-state index < -0.39 is 5.97 Å². The molecule has 0 aliphatic carbocycles. The lowest BCUT2D eigenvalue weighted by molar-refractivity contribution is -0.137. The van der Waals surface area contributed by atoms with Gasteiger partial charge in [-0.15, -0.1) is 0 Å². The lowest BCUT2D eigenvalue weighted by Crippen LogP contribution is -2.01. The van der Waals surface area contributed by atoms with Gasteiger partial charge in [0.05, 0.1) is 6.61 Å². The van der Waals surface area contributed by atoms with Crippen molar-refractivity contribution < 1.29 is 14.6 Å². The number of rotatable bonds is 3. The van der Waals surface area contributed by atoms with Gasteiger partial charge in [-0.25, -0.2) is 4.79 Å². The van der Waals surface area contributed by atoms with Crippen LogP contribution in [0, 0.1) is 11.8 Å². The van der Waals surface area contributed by atoms with E-state index in [4.69, 9.17) is 9.84 Å². The zero-order valence-electron chi connectivity index (χ0n) is 8.27. The van der Waals surface area contributed by atoms with Gasteiger partial charge in [-0.1, -0.05) is 36.3 Å². The topological polar surface area (TPSA) is 46.5 Å². The molecule has 1 rings (SSSR count). The van der Waals surface area contributed by atoms with Crippen LogP contribution >= 0.6 is 0 Å². The first-order valence-corrected chi connectivity index (χ1v) is 4.63. The minimum atomic E-state index is -0.563. The fourth-order valence-corrected chi connectivity index (χ4v) is 0.950. The predicted molar refractivity (Wildman–Crippen MR) is 55.7 cm³/mol. The Morgan fingerprint density at radius 3 is 2.73 bits per heavy atom. The van der Waals surface area contributed by atoms with Crippen molar-refractivity contribution in [2.24, 2.45) is 0 Å². The molecule has 0 saturated heterocycles. The molecule has 0 saturated carbocycles. The molecular formula is C12H12O3. The van der Waals surface area contributed by atoms with E-state index in [1.165, 1.54) is 0 Å². The van der Waals surface area contributed by atoms with Crippen molar-refractivity contribution in [3.05, 3.63) is 35.9 Å². The Morgan fingerprint density at radius 1 is 1.33 bits per heavy atom. The highest BCUT2D eigenvalue weighted by Gasteiger charge is 1.97. The summed E-state index contributed by atoms with van der Waals surface area (Å²) in [5, 5.41) is 8.43. The van der Waals surface area contributed by atoms with Gasteiger partial charge in [-0.2, -0.15) is 0 Å². The highest BCUT2D eigenvalue weighted by atomic mass is 16.5. The lowest BCUT2D eigenvalue weighted by Gasteiger charge is -1.99. The molecule has 0 unspecified atom stereocenters. The van der Waals surface area contributed by atoms with Gasteiger partial charge >= 0.3 is 5.97 Å². The van der Waals surface area contributed by atoms with Gasteiger partial charge in [0.1, 0.15) is 6.61 Å². The molecule has 15 heavy (non-hydrogen) atoms. The van der Waals surface area contributed by atoms with E-state index in [1.54, 1.807) is 0 Å². The third kappa shape index (κ3) is 4.84. The quantitative estimate of drug-likeness (QED) is 0.456. The van der Waals surface area contributed by atoms with Crippen molar-refractivity contribution in [1.82, 2.24) is 0 Å². The molecular weight excluding hydrogens is 192 g/mol. The summed E-state index contributed by atoms with van der Waals surface area (Å²) in [4.78, 5) is 11.0. The number of hydrogen-bond acceptors (Lipinski definition) is 3. The van der Waals surface area contributed by atoms with Crippen molar-refractivity contribution in [2.75, 3.05) is 6.61 Å². The molecule has 1 aromatic carbocycles. The van der Waals surface area contributed by atoms with Crippen molar-refractivity contribution in [3.8, 4) is 11.8 Å². The Labute approximate surface area is 88.7 Å². The summed E-state index contributed by atoms with van der Waals surface area (Å²) >= 11 is 0. The predicted octanol–water partition coefficient (Wildman–Crippen LogP) is 1.12. The van der Waals surface area contributed by atoms with Crippen molar-refractivity contribution in [2.45, 2.75) is 13.0 Å². The number of benzene rings is 1. The molecule has 0 heterocycles. The molecule has 3 heteroatoms. The number of esters is 1. The molecule has 0 radical (unpaired) electrons. The summed E-state index contributed by atoms with van der Waals surface area (Å²) in [6, 6.07) is 9.39. The maximum Gasteiger partial charge on any atom is 0.384 e. The monoisotopic (exact) mass is 204 g/mol. The summed E-state index contributed by atoms with van der Waals surface area (Å²) < 4.78 is 4.88. The van der Waals surface area contributed by atoms with Crippen LogP contribution in [0.3, 0.4) is 0 Å². The molecule has 0 amide bonds. The Kier molecular flexibility index (Phi) is 4.99. The second-order valence-corrected chi connectivity index (χ2v) is 2.84. The molecule has 0 aromatic heterocycles. The maximum atomic E-state index is 11.0. The van der Waals surface area contributed by atoms with Crippen molar-refractivity contribution in [3.63, 3.8) is 0 Å². The molecule has 0 fully saturated rings. The van der Waals surface area contributed by atoms with Crippen LogP contribution in [0.15, 0.2) is 30.3 Å². The van der Waals surface area contributed by atoms with Crippen LogP contribution in [0.1, 0.15) is 12.0 Å². The first-order chi connectivity index (χ1) is 7.33. The number of carbonyl (C=O) groups is 1. The van der Waals surface area contributed by atoms with Gasteiger partial charge in [0.15, 0.2) is 0 Å². The fourth-order valence-electron chi connectivity index (χ4n) is 0.950. The number of carbonyl (C=O) groups excluding carboxylic acids is 1. The van der Waals surface area contributed by atoms with Crippen LogP contribution in [0.5, 0.6) is 0 Å². The molecule has 1 N–H and O–H groups in total. The van der Waals surface area contributed by atoms with Gasteiger partial charge in [0.25, 0.3) is 0 Å². The van der Waals surface area contributed by atoms with E-state index in [9.17, 15) is 4.79 Å². The second-order valence-electron chi connectivity index (χ2n) is 2.84. The van der Waals surface area contributed by atoms with E-state index >= 15 is 0 Å². The van der Waals surface area contributed by atoms with Crippen LogP contribution in [0.2, 0.25) is 0 Å². The van der Waals surface area contributed by atoms with Crippen LogP contribution < -0.4 is 0 Å². The van der Waals surface area contributed by atoms with E-state index in [-0.39, 0.29) is 13.2 Å². The molecule has 3 nitrogen and oxygen atoms in total. The largest absolute Gasteiger partial charge is 0.451 e.